The molecular formula is C28H31N3O8. The van der Waals surface area contributed by atoms with E-state index >= 15 is 0 Å². The highest BCUT2D eigenvalue weighted by atomic mass is 16.7. The van der Waals surface area contributed by atoms with Gasteiger partial charge >= 0.3 is 18.2 Å². The molecule has 39 heavy (non-hydrogen) atoms. The maximum Gasteiger partial charge on any atom is 0.408 e. The summed E-state index contributed by atoms with van der Waals surface area (Å²) in [5.74, 6) is -2.46. The minimum atomic E-state index is -1.31. The summed E-state index contributed by atoms with van der Waals surface area (Å²) in [6.45, 7) is 5.00. The summed E-state index contributed by atoms with van der Waals surface area (Å²) in [6, 6.07) is 14.6. The number of alkyl carbamates (subject to hydrolysis) is 2. The molecule has 0 saturated carbocycles. The van der Waals surface area contributed by atoms with Crippen molar-refractivity contribution in [3.05, 3.63) is 59.7 Å². The Balaban J connectivity index is 1.33. The van der Waals surface area contributed by atoms with E-state index in [-0.39, 0.29) is 38.3 Å². The third kappa shape index (κ3) is 6.73. The third-order valence-corrected chi connectivity index (χ3v) is 6.21. The van der Waals surface area contributed by atoms with Gasteiger partial charge in [-0.1, -0.05) is 48.5 Å². The fraction of sp³-hybridized carbons (Fsp3) is 0.393. The van der Waals surface area contributed by atoms with Gasteiger partial charge in [-0.05, 0) is 49.4 Å². The van der Waals surface area contributed by atoms with Crippen molar-refractivity contribution in [1.82, 2.24) is 15.7 Å². The second kappa shape index (κ2) is 11.5. The fourth-order valence-corrected chi connectivity index (χ4v) is 4.48. The Bertz CT molecular complexity index is 1220. The first kappa shape index (κ1) is 27.6. The lowest BCUT2D eigenvalue weighted by atomic mass is 9.98. The van der Waals surface area contributed by atoms with Gasteiger partial charge < -0.3 is 24.9 Å². The van der Waals surface area contributed by atoms with Crippen LogP contribution in [0.15, 0.2) is 48.5 Å². The van der Waals surface area contributed by atoms with Crippen LogP contribution >= 0.6 is 0 Å². The van der Waals surface area contributed by atoms with Gasteiger partial charge in [-0.2, -0.15) is 0 Å². The highest BCUT2D eigenvalue weighted by Crippen LogP contribution is 2.44. The molecule has 4 rings (SSSR count). The summed E-state index contributed by atoms with van der Waals surface area (Å²) >= 11 is 0. The van der Waals surface area contributed by atoms with Gasteiger partial charge in [-0.25, -0.2) is 14.4 Å². The molecule has 2 aromatic carbocycles. The van der Waals surface area contributed by atoms with Crippen molar-refractivity contribution in [3.8, 4) is 11.1 Å². The molecule has 0 spiro atoms. The monoisotopic (exact) mass is 537 g/mol. The van der Waals surface area contributed by atoms with E-state index in [1.807, 2.05) is 48.5 Å². The van der Waals surface area contributed by atoms with Crippen LogP contribution in [0.2, 0.25) is 0 Å². The summed E-state index contributed by atoms with van der Waals surface area (Å²) in [7, 11) is 0. The molecule has 1 atom stereocenters. The van der Waals surface area contributed by atoms with Crippen LogP contribution in [0.1, 0.15) is 57.1 Å². The molecule has 1 aliphatic heterocycles. The lowest BCUT2D eigenvalue weighted by Gasteiger charge is -2.23. The van der Waals surface area contributed by atoms with E-state index in [0.717, 1.165) is 22.3 Å². The minimum Gasteiger partial charge on any atom is -0.449 e. The summed E-state index contributed by atoms with van der Waals surface area (Å²) in [5, 5.41) is 5.33. The number of hydroxylamine groups is 2. The molecule has 0 radical (unpaired) electrons. The van der Waals surface area contributed by atoms with Crippen LogP contribution < -0.4 is 10.6 Å². The number of ether oxygens (including phenoxy) is 2. The van der Waals surface area contributed by atoms with Crippen LogP contribution in [-0.2, 0) is 28.7 Å². The van der Waals surface area contributed by atoms with Crippen LogP contribution in [0.3, 0.4) is 0 Å². The lowest BCUT2D eigenvalue weighted by Crippen LogP contribution is -2.48. The lowest BCUT2D eigenvalue weighted by molar-refractivity contribution is -0.199. The maximum absolute atomic E-state index is 12.7. The normalized spacial score (nSPS) is 15.3. The number of rotatable bonds is 8. The zero-order chi connectivity index (χ0) is 28.2. The van der Waals surface area contributed by atoms with E-state index in [2.05, 4.69) is 10.6 Å². The van der Waals surface area contributed by atoms with E-state index in [0.29, 0.717) is 5.06 Å². The minimum absolute atomic E-state index is 0.0698. The molecular weight excluding hydrogens is 506 g/mol. The van der Waals surface area contributed by atoms with Crippen molar-refractivity contribution in [1.29, 1.82) is 0 Å². The topological polar surface area (TPSA) is 140 Å². The maximum atomic E-state index is 12.7. The number of fused-ring (bicyclic) bond motifs is 3. The second-order valence-electron chi connectivity index (χ2n) is 10.2. The number of hydrogen-bond acceptors (Lipinski definition) is 8. The molecule has 0 unspecified atom stereocenters. The molecule has 11 heteroatoms. The molecule has 0 aromatic heterocycles. The van der Waals surface area contributed by atoms with Gasteiger partial charge in [-0.3, -0.25) is 9.59 Å². The smallest absolute Gasteiger partial charge is 0.408 e. The number of carbonyl (C=O) groups is 5. The highest BCUT2D eigenvalue weighted by molar-refractivity contribution is 6.01. The van der Waals surface area contributed by atoms with Gasteiger partial charge in [0.2, 0.25) is 0 Å². The van der Waals surface area contributed by atoms with E-state index in [9.17, 15) is 24.0 Å². The number of nitrogens with zero attached hydrogens (tertiary/aromatic N) is 1. The summed E-state index contributed by atoms with van der Waals surface area (Å²) in [5.41, 5.74) is 3.51. The molecule has 4 amide bonds. The Labute approximate surface area is 225 Å². The standard InChI is InChI=1S/C28H31N3O8/c1-28(2,3)38-27(36)30-22(25(34)39-31-23(32)12-13-24(31)33)14-15-29-26(35)37-16-21-19-10-6-4-8-17(19)18-9-5-7-11-20(18)21/h4-11,21-22H,12-16H2,1-3H3,(H,29,35)(H,30,36)/t22-/m0/s1. The van der Waals surface area contributed by atoms with E-state index < -0.39 is 41.6 Å². The van der Waals surface area contributed by atoms with Gasteiger partial charge in [0.1, 0.15) is 18.2 Å². The van der Waals surface area contributed by atoms with Crippen LogP contribution in [0.25, 0.3) is 11.1 Å². The first-order valence-corrected chi connectivity index (χ1v) is 12.7. The molecule has 1 fully saturated rings. The largest absolute Gasteiger partial charge is 0.449 e. The van der Waals surface area contributed by atoms with E-state index in [1.54, 1.807) is 20.8 Å². The van der Waals surface area contributed by atoms with Crippen molar-refractivity contribution < 1.29 is 38.3 Å². The summed E-state index contributed by atoms with van der Waals surface area (Å²) in [4.78, 5) is 66.1. The van der Waals surface area contributed by atoms with Gasteiger partial charge in [0, 0.05) is 25.3 Å². The zero-order valence-electron chi connectivity index (χ0n) is 22.0. The summed E-state index contributed by atoms with van der Waals surface area (Å²) in [6.07, 6.45) is -1.85. The van der Waals surface area contributed by atoms with Gasteiger partial charge in [-0.15, -0.1) is 5.06 Å². The first-order valence-electron chi connectivity index (χ1n) is 12.7. The Morgan fingerprint density at radius 1 is 0.923 bits per heavy atom. The van der Waals surface area contributed by atoms with Crippen LogP contribution in [0.4, 0.5) is 9.59 Å². The fourth-order valence-electron chi connectivity index (χ4n) is 4.48. The molecule has 1 aliphatic carbocycles. The van der Waals surface area contributed by atoms with Crippen LogP contribution in [0.5, 0.6) is 0 Å². The quantitative estimate of drug-likeness (QED) is 0.488. The molecule has 1 heterocycles. The van der Waals surface area contributed by atoms with Gasteiger partial charge in [0.05, 0.1) is 0 Å². The number of carbonyl (C=O) groups excluding carboxylic acids is 5. The third-order valence-electron chi connectivity index (χ3n) is 6.21. The number of benzene rings is 2. The van der Waals surface area contributed by atoms with Crippen molar-refractivity contribution in [3.63, 3.8) is 0 Å². The Morgan fingerprint density at radius 3 is 2.05 bits per heavy atom. The Morgan fingerprint density at radius 2 is 1.49 bits per heavy atom. The van der Waals surface area contributed by atoms with Crippen molar-refractivity contribution >= 4 is 30.0 Å². The SMILES string of the molecule is CC(C)(C)OC(=O)N[C@@H](CCNC(=O)OCC1c2ccccc2-c2ccccc21)C(=O)ON1C(=O)CCC1=O. The summed E-state index contributed by atoms with van der Waals surface area (Å²) < 4.78 is 10.7. The van der Waals surface area contributed by atoms with Gasteiger partial charge in [0.25, 0.3) is 11.8 Å². The van der Waals surface area contributed by atoms with Gasteiger partial charge in [0.15, 0.2) is 0 Å². The Kier molecular flexibility index (Phi) is 8.18. The average Bonchev–Trinajstić information content (AvgIpc) is 3.37. The van der Waals surface area contributed by atoms with E-state index in [4.69, 9.17) is 14.3 Å². The molecule has 2 aromatic rings. The number of nitrogens with one attached hydrogen (secondary N) is 2. The second-order valence-corrected chi connectivity index (χ2v) is 10.2. The zero-order valence-corrected chi connectivity index (χ0v) is 22.0. The Hall–Kier alpha value is -4.41. The average molecular weight is 538 g/mol. The number of amides is 4. The van der Waals surface area contributed by atoms with E-state index in [1.165, 1.54) is 0 Å². The molecule has 11 nitrogen and oxygen atoms in total. The van der Waals surface area contributed by atoms with Crippen molar-refractivity contribution in [2.75, 3.05) is 13.2 Å². The molecule has 206 valence electrons. The van der Waals surface area contributed by atoms with Crippen molar-refractivity contribution in [2.45, 2.75) is 57.6 Å². The number of hydrogen-bond donors (Lipinski definition) is 2. The van der Waals surface area contributed by atoms with Crippen LogP contribution in [0, 0.1) is 0 Å². The highest BCUT2D eigenvalue weighted by Gasteiger charge is 2.36. The first-order chi connectivity index (χ1) is 18.5. The molecule has 2 aliphatic rings. The van der Waals surface area contributed by atoms with Crippen molar-refractivity contribution in [2.24, 2.45) is 0 Å². The van der Waals surface area contributed by atoms with Crippen LogP contribution in [-0.4, -0.2) is 59.8 Å². The number of imide groups is 1. The molecule has 0 bridgehead atoms. The predicted octanol–water partition coefficient (Wildman–Crippen LogP) is 3.42. The molecule has 2 N–H and O–H groups in total. The molecule has 1 saturated heterocycles. The predicted molar refractivity (Wildman–Crippen MR) is 138 cm³/mol.